The molecule has 0 N–H and O–H groups in total. The number of halogens is 1. The fraction of sp³-hybridized carbons (Fsp3) is 0.455. The first-order valence-electron chi connectivity index (χ1n) is 4.64. The molecule has 0 atom stereocenters. The molecule has 0 spiro atoms. The predicted molar refractivity (Wildman–Crippen MR) is 56.1 cm³/mol. The molecule has 1 aliphatic heterocycles. The second kappa shape index (κ2) is 3.79. The molecule has 1 aliphatic rings. The monoisotopic (exact) mass is 212 g/mol. The Hall–Kier alpha value is -0.730. The van der Waals surface area contributed by atoms with Crippen molar-refractivity contribution < 1.29 is 9.47 Å². The summed E-state index contributed by atoms with van der Waals surface area (Å²) in [6.07, 6.45) is 0. The number of ether oxygens (including phenoxy) is 2. The van der Waals surface area contributed by atoms with E-state index < -0.39 is 0 Å². The predicted octanol–water partition coefficient (Wildman–Crippen LogP) is 2.38. The lowest BCUT2D eigenvalue weighted by molar-refractivity contribution is -0.0317. The Labute approximate surface area is 88.8 Å². The van der Waals surface area contributed by atoms with Gasteiger partial charge in [-0.2, -0.15) is 0 Å². The van der Waals surface area contributed by atoms with Crippen molar-refractivity contribution in [2.24, 2.45) is 0 Å². The number of aryl methyl sites for hydroxylation is 1. The van der Waals surface area contributed by atoms with Crippen molar-refractivity contribution in [1.82, 2.24) is 0 Å². The Morgan fingerprint density at radius 3 is 2.50 bits per heavy atom. The van der Waals surface area contributed by atoms with Crippen LogP contribution in [0.25, 0.3) is 0 Å². The molecule has 0 aromatic heterocycles. The van der Waals surface area contributed by atoms with Gasteiger partial charge in [0, 0.05) is 0 Å². The fourth-order valence-electron chi connectivity index (χ4n) is 1.25. The van der Waals surface area contributed by atoms with Gasteiger partial charge in [-0.25, -0.2) is 0 Å². The molecule has 0 bridgehead atoms. The van der Waals surface area contributed by atoms with Gasteiger partial charge in [0.1, 0.15) is 17.2 Å². The Morgan fingerprint density at radius 1 is 1.36 bits per heavy atom. The molecule has 0 radical (unpaired) electrons. The summed E-state index contributed by atoms with van der Waals surface area (Å²) >= 11 is 6.14. The van der Waals surface area contributed by atoms with Gasteiger partial charge in [-0.1, -0.05) is 17.7 Å². The summed E-state index contributed by atoms with van der Waals surface area (Å²) < 4.78 is 10.6. The summed E-state index contributed by atoms with van der Waals surface area (Å²) in [4.78, 5) is -0.301. The zero-order chi connectivity index (χ0) is 10.0. The van der Waals surface area contributed by atoms with Gasteiger partial charge < -0.3 is 9.47 Å². The van der Waals surface area contributed by atoms with Gasteiger partial charge in [0.25, 0.3) is 0 Å². The number of hydrogen-bond donors (Lipinski definition) is 0. The summed E-state index contributed by atoms with van der Waals surface area (Å²) in [6.45, 7) is 3.73. The smallest absolute Gasteiger partial charge is 0.125 e. The van der Waals surface area contributed by atoms with Crippen molar-refractivity contribution in [3.8, 4) is 5.75 Å². The first kappa shape index (κ1) is 9.81. The van der Waals surface area contributed by atoms with E-state index in [2.05, 4.69) is 0 Å². The van der Waals surface area contributed by atoms with Gasteiger partial charge in [0.05, 0.1) is 13.2 Å². The van der Waals surface area contributed by atoms with E-state index in [4.69, 9.17) is 21.1 Å². The Bertz CT molecular complexity index is 304. The highest BCUT2D eigenvalue weighted by Crippen LogP contribution is 2.26. The van der Waals surface area contributed by atoms with Crippen LogP contribution in [0.4, 0.5) is 0 Å². The first-order chi connectivity index (χ1) is 6.68. The Balaban J connectivity index is 1.88. The van der Waals surface area contributed by atoms with E-state index in [1.54, 1.807) is 0 Å². The Morgan fingerprint density at radius 2 is 2.00 bits per heavy atom. The molecule has 0 amide bonds. The molecule has 1 saturated heterocycles. The second-order valence-electron chi connectivity index (χ2n) is 3.75. The van der Waals surface area contributed by atoms with Crippen LogP contribution < -0.4 is 4.74 Å². The number of rotatable bonds is 3. The van der Waals surface area contributed by atoms with Crippen molar-refractivity contribution in [3.63, 3.8) is 0 Å². The lowest BCUT2D eigenvalue weighted by atomic mass is 10.1. The average Bonchev–Trinajstić information content (AvgIpc) is 2.14. The molecule has 0 unspecified atom stereocenters. The van der Waals surface area contributed by atoms with Crippen molar-refractivity contribution in [3.05, 3.63) is 29.8 Å². The van der Waals surface area contributed by atoms with E-state index in [0.717, 1.165) is 5.75 Å². The number of benzene rings is 1. The highest BCUT2D eigenvalue weighted by atomic mass is 35.5. The van der Waals surface area contributed by atoms with Gasteiger partial charge in [0.15, 0.2) is 0 Å². The highest BCUT2D eigenvalue weighted by molar-refractivity contribution is 6.24. The van der Waals surface area contributed by atoms with Gasteiger partial charge in [-0.15, -0.1) is 11.6 Å². The van der Waals surface area contributed by atoms with Crippen molar-refractivity contribution >= 4 is 11.6 Å². The maximum Gasteiger partial charge on any atom is 0.125 e. The van der Waals surface area contributed by atoms with Crippen LogP contribution in [0.5, 0.6) is 5.75 Å². The van der Waals surface area contributed by atoms with Crippen LogP contribution in [0.1, 0.15) is 5.56 Å². The molecular weight excluding hydrogens is 200 g/mol. The second-order valence-corrected chi connectivity index (χ2v) is 4.55. The molecule has 2 rings (SSSR count). The van der Waals surface area contributed by atoms with Crippen LogP contribution >= 0.6 is 11.6 Å². The van der Waals surface area contributed by atoms with Crippen LogP contribution in [-0.4, -0.2) is 24.7 Å². The maximum atomic E-state index is 6.14. The summed E-state index contributed by atoms with van der Waals surface area (Å²) in [5.74, 6) is 0.863. The molecule has 0 aliphatic carbocycles. The molecule has 1 fully saturated rings. The lowest BCUT2D eigenvalue weighted by Crippen LogP contribution is -2.49. The van der Waals surface area contributed by atoms with Crippen LogP contribution in [0.3, 0.4) is 0 Å². The van der Waals surface area contributed by atoms with Gasteiger partial charge >= 0.3 is 0 Å². The summed E-state index contributed by atoms with van der Waals surface area (Å²) in [7, 11) is 0. The van der Waals surface area contributed by atoms with E-state index in [-0.39, 0.29) is 4.87 Å². The molecule has 14 heavy (non-hydrogen) atoms. The van der Waals surface area contributed by atoms with Crippen molar-refractivity contribution in [2.75, 3.05) is 19.8 Å². The molecule has 1 aromatic rings. The lowest BCUT2D eigenvalue weighted by Gasteiger charge is -2.34. The zero-order valence-electron chi connectivity index (χ0n) is 8.13. The molecule has 0 saturated carbocycles. The van der Waals surface area contributed by atoms with Crippen molar-refractivity contribution in [1.29, 1.82) is 0 Å². The average molecular weight is 213 g/mol. The van der Waals surface area contributed by atoms with Crippen LogP contribution in [0, 0.1) is 6.92 Å². The quantitative estimate of drug-likeness (QED) is 0.717. The largest absolute Gasteiger partial charge is 0.492 e. The Kier molecular flexibility index (Phi) is 2.66. The molecule has 2 nitrogen and oxygen atoms in total. The number of alkyl halides is 1. The molecular formula is C11H13ClO2. The normalized spacial score (nSPS) is 18.7. The van der Waals surface area contributed by atoms with Gasteiger partial charge in [-0.3, -0.25) is 0 Å². The third-order valence-corrected chi connectivity index (χ3v) is 2.57. The van der Waals surface area contributed by atoms with E-state index >= 15 is 0 Å². The third kappa shape index (κ3) is 2.20. The topological polar surface area (TPSA) is 18.5 Å². The zero-order valence-corrected chi connectivity index (χ0v) is 8.88. The SMILES string of the molecule is Cc1ccc(OCC2(Cl)COC2)cc1. The fourth-order valence-corrected chi connectivity index (χ4v) is 1.46. The first-order valence-corrected chi connectivity index (χ1v) is 5.02. The maximum absolute atomic E-state index is 6.14. The minimum atomic E-state index is -0.301. The van der Waals surface area contributed by atoms with E-state index in [9.17, 15) is 0 Å². The summed E-state index contributed by atoms with van der Waals surface area (Å²) in [6, 6.07) is 7.95. The summed E-state index contributed by atoms with van der Waals surface area (Å²) in [5, 5.41) is 0. The minimum absolute atomic E-state index is 0.301. The molecule has 76 valence electrons. The van der Waals surface area contributed by atoms with Crippen molar-refractivity contribution in [2.45, 2.75) is 11.8 Å². The molecule has 3 heteroatoms. The van der Waals surface area contributed by atoms with Gasteiger partial charge in [0.2, 0.25) is 0 Å². The standard InChI is InChI=1S/C11H13ClO2/c1-9-2-4-10(5-3-9)14-8-11(12)6-13-7-11/h2-5H,6-8H2,1H3. The third-order valence-electron chi connectivity index (χ3n) is 2.24. The van der Waals surface area contributed by atoms with Crippen LogP contribution in [-0.2, 0) is 4.74 Å². The highest BCUT2D eigenvalue weighted by Gasteiger charge is 2.37. The summed E-state index contributed by atoms with van der Waals surface area (Å²) in [5.41, 5.74) is 1.23. The molecule has 1 aromatic carbocycles. The van der Waals surface area contributed by atoms with Crippen LogP contribution in [0.15, 0.2) is 24.3 Å². The van der Waals surface area contributed by atoms with Gasteiger partial charge in [-0.05, 0) is 19.1 Å². The minimum Gasteiger partial charge on any atom is -0.492 e. The van der Waals surface area contributed by atoms with Crippen LogP contribution in [0.2, 0.25) is 0 Å². The van der Waals surface area contributed by atoms with E-state index in [1.165, 1.54) is 5.56 Å². The van der Waals surface area contributed by atoms with E-state index in [1.807, 2.05) is 31.2 Å². The molecule has 1 heterocycles. The van der Waals surface area contributed by atoms with E-state index in [0.29, 0.717) is 19.8 Å². The number of hydrogen-bond acceptors (Lipinski definition) is 2.